The SMILES string of the molecule is CCC1CCN(c2ccc(Nc3cc(NCc4ccccc4)c(C(N)=O)cn3)cc2)CC1. The summed E-state index contributed by atoms with van der Waals surface area (Å²) in [5.41, 5.74) is 9.91. The number of piperidine rings is 1. The van der Waals surface area contributed by atoms with Crippen molar-refractivity contribution >= 4 is 28.8 Å². The van der Waals surface area contributed by atoms with Crippen LogP contribution in [0, 0.1) is 5.92 Å². The highest BCUT2D eigenvalue weighted by atomic mass is 16.1. The minimum Gasteiger partial charge on any atom is -0.380 e. The van der Waals surface area contributed by atoms with Gasteiger partial charge in [0.15, 0.2) is 0 Å². The van der Waals surface area contributed by atoms with E-state index in [9.17, 15) is 4.79 Å². The Balaban J connectivity index is 1.43. The number of carbonyl (C=O) groups excluding carboxylic acids is 1. The summed E-state index contributed by atoms with van der Waals surface area (Å²) < 4.78 is 0. The normalized spacial score (nSPS) is 14.2. The second-order valence-electron chi connectivity index (χ2n) is 8.33. The van der Waals surface area contributed by atoms with E-state index in [1.165, 1.54) is 31.1 Å². The second-order valence-corrected chi connectivity index (χ2v) is 8.33. The fourth-order valence-corrected chi connectivity index (χ4v) is 4.16. The van der Waals surface area contributed by atoms with Gasteiger partial charge in [-0.05, 0) is 48.6 Å². The Hall–Kier alpha value is -3.54. The highest BCUT2D eigenvalue weighted by Crippen LogP contribution is 2.27. The van der Waals surface area contributed by atoms with E-state index in [4.69, 9.17) is 5.73 Å². The van der Waals surface area contributed by atoms with Crippen LogP contribution in [0.25, 0.3) is 0 Å². The number of nitrogens with two attached hydrogens (primary N) is 1. The van der Waals surface area contributed by atoms with E-state index >= 15 is 0 Å². The Kier molecular flexibility index (Phi) is 6.90. The fraction of sp³-hybridized carbons (Fsp3) is 0.308. The molecule has 166 valence electrons. The molecule has 32 heavy (non-hydrogen) atoms. The lowest BCUT2D eigenvalue weighted by Gasteiger charge is -2.33. The Morgan fingerprint density at radius 3 is 2.47 bits per heavy atom. The number of anilines is 4. The average molecular weight is 430 g/mol. The molecule has 1 aromatic heterocycles. The van der Waals surface area contributed by atoms with Crippen molar-refractivity contribution in [2.45, 2.75) is 32.7 Å². The number of carbonyl (C=O) groups is 1. The molecule has 1 aliphatic rings. The molecule has 1 fully saturated rings. The summed E-state index contributed by atoms with van der Waals surface area (Å²) in [4.78, 5) is 18.7. The zero-order valence-corrected chi connectivity index (χ0v) is 18.6. The summed E-state index contributed by atoms with van der Waals surface area (Å²) >= 11 is 0. The third-order valence-electron chi connectivity index (χ3n) is 6.19. The molecule has 4 rings (SSSR count). The zero-order valence-electron chi connectivity index (χ0n) is 18.6. The molecular formula is C26H31N5O. The van der Waals surface area contributed by atoms with Crippen LogP contribution in [0.4, 0.5) is 22.9 Å². The molecule has 1 saturated heterocycles. The first-order valence-electron chi connectivity index (χ1n) is 11.3. The van der Waals surface area contributed by atoms with Crippen molar-refractivity contribution < 1.29 is 4.79 Å². The predicted molar refractivity (Wildman–Crippen MR) is 131 cm³/mol. The van der Waals surface area contributed by atoms with Crippen molar-refractivity contribution in [1.29, 1.82) is 0 Å². The minimum absolute atomic E-state index is 0.373. The van der Waals surface area contributed by atoms with Crippen LogP contribution in [-0.4, -0.2) is 24.0 Å². The number of amides is 1. The lowest BCUT2D eigenvalue weighted by molar-refractivity contribution is 0.100. The summed E-state index contributed by atoms with van der Waals surface area (Å²) in [6, 6.07) is 20.3. The van der Waals surface area contributed by atoms with Gasteiger partial charge in [-0.2, -0.15) is 0 Å². The first-order valence-corrected chi connectivity index (χ1v) is 11.3. The van der Waals surface area contributed by atoms with Crippen LogP contribution in [0.15, 0.2) is 66.9 Å². The maximum Gasteiger partial charge on any atom is 0.252 e. The molecule has 4 N–H and O–H groups in total. The molecule has 3 aromatic rings. The van der Waals surface area contributed by atoms with Crippen LogP contribution in [-0.2, 0) is 6.54 Å². The third-order valence-corrected chi connectivity index (χ3v) is 6.19. The molecule has 2 heterocycles. The molecule has 0 unspecified atom stereocenters. The Labute approximate surface area is 189 Å². The van der Waals surface area contributed by atoms with Gasteiger partial charge in [0.2, 0.25) is 0 Å². The van der Waals surface area contributed by atoms with Crippen LogP contribution in [0.1, 0.15) is 42.1 Å². The number of benzene rings is 2. The van der Waals surface area contributed by atoms with Gasteiger partial charge in [-0.25, -0.2) is 4.98 Å². The molecule has 0 bridgehead atoms. The Bertz CT molecular complexity index is 1030. The smallest absolute Gasteiger partial charge is 0.252 e. The standard InChI is InChI=1S/C26H31N5O/c1-2-19-12-14-31(15-13-19)22-10-8-21(9-11-22)30-25-16-24(23(18-29-25)26(27)32)28-17-20-6-4-3-5-7-20/h3-11,16,18-19H,2,12-15,17H2,1H3,(H2,27,32)(H2,28,29,30). The van der Waals surface area contributed by atoms with E-state index in [2.05, 4.69) is 51.7 Å². The van der Waals surface area contributed by atoms with Gasteiger partial charge in [0.1, 0.15) is 5.82 Å². The monoisotopic (exact) mass is 429 g/mol. The number of nitrogens with zero attached hydrogens (tertiary/aromatic N) is 2. The fourth-order valence-electron chi connectivity index (χ4n) is 4.16. The maximum atomic E-state index is 11.8. The zero-order chi connectivity index (χ0) is 22.3. The van der Waals surface area contributed by atoms with E-state index in [0.29, 0.717) is 23.6 Å². The largest absolute Gasteiger partial charge is 0.380 e. The summed E-state index contributed by atoms with van der Waals surface area (Å²) in [7, 11) is 0. The molecule has 1 aliphatic heterocycles. The van der Waals surface area contributed by atoms with E-state index < -0.39 is 5.91 Å². The molecule has 0 spiro atoms. The molecule has 0 aliphatic carbocycles. The van der Waals surface area contributed by atoms with Crippen molar-refractivity contribution in [3.63, 3.8) is 0 Å². The highest BCUT2D eigenvalue weighted by Gasteiger charge is 2.18. The first-order chi connectivity index (χ1) is 15.6. The number of primary amides is 1. The van der Waals surface area contributed by atoms with Crippen LogP contribution in [0.5, 0.6) is 0 Å². The second kappa shape index (κ2) is 10.2. The third kappa shape index (κ3) is 5.38. The first kappa shape index (κ1) is 21.7. The van der Waals surface area contributed by atoms with Crippen LogP contribution in [0.2, 0.25) is 0 Å². The maximum absolute atomic E-state index is 11.8. The molecule has 2 aromatic carbocycles. The molecule has 0 atom stereocenters. The lowest BCUT2D eigenvalue weighted by Crippen LogP contribution is -2.33. The number of rotatable bonds is 8. The van der Waals surface area contributed by atoms with E-state index in [-0.39, 0.29) is 0 Å². The number of hydrogen-bond acceptors (Lipinski definition) is 5. The van der Waals surface area contributed by atoms with E-state index in [1.807, 2.05) is 36.4 Å². The molecule has 0 radical (unpaired) electrons. The van der Waals surface area contributed by atoms with Crippen LogP contribution < -0.4 is 21.3 Å². The van der Waals surface area contributed by atoms with Crippen molar-refractivity contribution in [2.24, 2.45) is 11.7 Å². The number of hydrogen-bond donors (Lipinski definition) is 3. The van der Waals surface area contributed by atoms with Gasteiger partial charge in [0, 0.05) is 43.3 Å². The van der Waals surface area contributed by atoms with Gasteiger partial charge in [-0.1, -0.05) is 43.7 Å². The van der Waals surface area contributed by atoms with Crippen LogP contribution >= 0.6 is 0 Å². The number of nitrogens with one attached hydrogen (secondary N) is 2. The Morgan fingerprint density at radius 2 is 1.81 bits per heavy atom. The van der Waals surface area contributed by atoms with Crippen LogP contribution in [0.3, 0.4) is 0 Å². The van der Waals surface area contributed by atoms with Gasteiger partial charge in [0.25, 0.3) is 5.91 Å². The molecular weight excluding hydrogens is 398 g/mol. The molecule has 1 amide bonds. The van der Waals surface area contributed by atoms with Crippen molar-refractivity contribution in [3.05, 3.63) is 78.0 Å². The summed E-state index contributed by atoms with van der Waals surface area (Å²) in [6.45, 7) is 5.12. The van der Waals surface area contributed by atoms with Gasteiger partial charge in [-0.15, -0.1) is 0 Å². The van der Waals surface area contributed by atoms with E-state index in [1.54, 1.807) is 0 Å². The molecule has 6 heteroatoms. The number of aromatic nitrogens is 1. The summed E-state index contributed by atoms with van der Waals surface area (Å²) in [6.07, 6.45) is 5.33. The number of pyridine rings is 1. The highest BCUT2D eigenvalue weighted by molar-refractivity contribution is 5.98. The Morgan fingerprint density at radius 1 is 1.09 bits per heavy atom. The lowest BCUT2D eigenvalue weighted by atomic mass is 9.94. The predicted octanol–water partition coefficient (Wildman–Crippen LogP) is 5.16. The summed E-state index contributed by atoms with van der Waals surface area (Å²) in [5, 5.41) is 6.64. The van der Waals surface area contributed by atoms with E-state index in [0.717, 1.165) is 30.3 Å². The topological polar surface area (TPSA) is 83.3 Å². The molecule has 0 saturated carbocycles. The quantitative estimate of drug-likeness (QED) is 0.460. The van der Waals surface area contributed by atoms with Crippen molar-refractivity contribution in [3.8, 4) is 0 Å². The van der Waals surface area contributed by atoms with Crippen molar-refractivity contribution in [1.82, 2.24) is 4.98 Å². The summed E-state index contributed by atoms with van der Waals surface area (Å²) in [5.74, 6) is 1.02. The molecule has 6 nitrogen and oxygen atoms in total. The van der Waals surface area contributed by atoms with Crippen molar-refractivity contribution in [2.75, 3.05) is 28.6 Å². The minimum atomic E-state index is -0.504. The van der Waals surface area contributed by atoms with Gasteiger partial charge in [0.05, 0.1) is 11.3 Å². The van der Waals surface area contributed by atoms with Gasteiger partial charge >= 0.3 is 0 Å². The average Bonchev–Trinajstić information content (AvgIpc) is 2.84. The van der Waals surface area contributed by atoms with Gasteiger partial charge in [-0.3, -0.25) is 4.79 Å². The van der Waals surface area contributed by atoms with Gasteiger partial charge < -0.3 is 21.3 Å².